The van der Waals surface area contributed by atoms with Crippen molar-refractivity contribution in [1.29, 1.82) is 0 Å². The highest BCUT2D eigenvalue weighted by Crippen LogP contribution is 2.05. The summed E-state index contributed by atoms with van der Waals surface area (Å²) in [5.41, 5.74) is 11.0. The first-order valence-electron chi connectivity index (χ1n) is 5.84. The van der Waals surface area contributed by atoms with Crippen molar-refractivity contribution in [2.45, 2.75) is 45.6 Å². The van der Waals surface area contributed by atoms with E-state index in [0.29, 0.717) is 12.0 Å². The Bertz CT molecular complexity index is 117. The van der Waals surface area contributed by atoms with Crippen LogP contribution in [-0.4, -0.2) is 25.7 Å². The van der Waals surface area contributed by atoms with Crippen LogP contribution < -0.4 is 16.8 Å². The highest BCUT2D eigenvalue weighted by atomic mass is 14.9. The van der Waals surface area contributed by atoms with E-state index in [1.807, 2.05) is 0 Å². The molecule has 3 nitrogen and oxygen atoms in total. The SMILES string of the molecule is CC(CN)CCCCNC(C)CCN. The predicted octanol–water partition coefficient (Wildman–Crippen LogP) is 1.08. The maximum Gasteiger partial charge on any atom is 0.00507 e. The van der Waals surface area contributed by atoms with Gasteiger partial charge in [0.15, 0.2) is 0 Å². The minimum absolute atomic E-state index is 0.562. The van der Waals surface area contributed by atoms with Crippen LogP contribution in [0.3, 0.4) is 0 Å². The van der Waals surface area contributed by atoms with E-state index in [9.17, 15) is 0 Å². The zero-order valence-electron chi connectivity index (χ0n) is 9.76. The molecule has 2 atom stereocenters. The second-order valence-corrected chi connectivity index (χ2v) is 4.27. The van der Waals surface area contributed by atoms with E-state index in [-0.39, 0.29) is 0 Å². The number of nitrogens with one attached hydrogen (secondary N) is 1. The summed E-state index contributed by atoms with van der Waals surface area (Å²) < 4.78 is 0. The molecule has 0 spiro atoms. The third-order valence-corrected chi connectivity index (χ3v) is 2.62. The van der Waals surface area contributed by atoms with Crippen molar-refractivity contribution in [2.24, 2.45) is 17.4 Å². The lowest BCUT2D eigenvalue weighted by Crippen LogP contribution is -2.29. The van der Waals surface area contributed by atoms with E-state index >= 15 is 0 Å². The monoisotopic (exact) mass is 201 g/mol. The first-order chi connectivity index (χ1) is 6.70. The molecule has 14 heavy (non-hydrogen) atoms. The van der Waals surface area contributed by atoms with Crippen LogP contribution in [0.15, 0.2) is 0 Å². The number of hydrogen-bond acceptors (Lipinski definition) is 3. The fourth-order valence-electron chi connectivity index (χ4n) is 1.44. The van der Waals surface area contributed by atoms with E-state index in [0.717, 1.165) is 26.1 Å². The van der Waals surface area contributed by atoms with E-state index in [2.05, 4.69) is 19.2 Å². The van der Waals surface area contributed by atoms with Crippen molar-refractivity contribution in [1.82, 2.24) is 5.32 Å². The number of nitrogens with two attached hydrogens (primary N) is 2. The van der Waals surface area contributed by atoms with Crippen molar-refractivity contribution in [3.63, 3.8) is 0 Å². The van der Waals surface area contributed by atoms with Crippen LogP contribution in [-0.2, 0) is 0 Å². The third-order valence-electron chi connectivity index (χ3n) is 2.62. The summed E-state index contributed by atoms with van der Waals surface area (Å²) in [6, 6.07) is 0.562. The van der Waals surface area contributed by atoms with Gasteiger partial charge in [-0.05, 0) is 51.7 Å². The molecule has 0 saturated carbocycles. The van der Waals surface area contributed by atoms with Crippen LogP contribution in [0.4, 0.5) is 0 Å². The molecule has 0 fully saturated rings. The van der Waals surface area contributed by atoms with Crippen molar-refractivity contribution in [3.8, 4) is 0 Å². The van der Waals surface area contributed by atoms with Gasteiger partial charge in [-0.15, -0.1) is 0 Å². The average Bonchev–Trinajstić information content (AvgIpc) is 2.17. The van der Waals surface area contributed by atoms with E-state index in [1.165, 1.54) is 19.3 Å². The van der Waals surface area contributed by atoms with Gasteiger partial charge in [0.05, 0.1) is 0 Å². The summed E-state index contributed by atoms with van der Waals surface area (Å²) in [6.07, 6.45) is 4.85. The van der Waals surface area contributed by atoms with Gasteiger partial charge in [-0.3, -0.25) is 0 Å². The van der Waals surface area contributed by atoms with Crippen molar-refractivity contribution >= 4 is 0 Å². The molecule has 0 rings (SSSR count). The molecule has 0 bridgehead atoms. The average molecular weight is 201 g/mol. The van der Waals surface area contributed by atoms with Crippen LogP contribution in [0, 0.1) is 5.92 Å². The topological polar surface area (TPSA) is 64.1 Å². The first kappa shape index (κ1) is 13.9. The van der Waals surface area contributed by atoms with E-state index < -0.39 is 0 Å². The lowest BCUT2D eigenvalue weighted by molar-refractivity contribution is 0.468. The van der Waals surface area contributed by atoms with Gasteiger partial charge in [-0.25, -0.2) is 0 Å². The van der Waals surface area contributed by atoms with E-state index in [1.54, 1.807) is 0 Å². The molecule has 5 N–H and O–H groups in total. The van der Waals surface area contributed by atoms with E-state index in [4.69, 9.17) is 11.5 Å². The normalized spacial score (nSPS) is 15.4. The molecule has 0 aromatic carbocycles. The molecule has 0 amide bonds. The lowest BCUT2D eigenvalue weighted by Gasteiger charge is -2.13. The predicted molar refractivity (Wildman–Crippen MR) is 63.2 cm³/mol. The fourth-order valence-corrected chi connectivity index (χ4v) is 1.44. The van der Waals surface area contributed by atoms with Gasteiger partial charge >= 0.3 is 0 Å². The summed E-state index contributed by atoms with van der Waals surface area (Å²) in [7, 11) is 0. The molecule has 3 heteroatoms. The summed E-state index contributed by atoms with van der Waals surface area (Å²) in [6.45, 7) is 7.10. The van der Waals surface area contributed by atoms with Gasteiger partial charge in [0.1, 0.15) is 0 Å². The Morgan fingerprint density at radius 2 is 1.79 bits per heavy atom. The first-order valence-corrected chi connectivity index (χ1v) is 5.84. The number of hydrogen-bond donors (Lipinski definition) is 3. The molecule has 0 aliphatic rings. The molecule has 0 aromatic rings. The lowest BCUT2D eigenvalue weighted by atomic mass is 10.0. The molecule has 2 unspecified atom stereocenters. The van der Waals surface area contributed by atoms with Crippen LogP contribution in [0.2, 0.25) is 0 Å². The van der Waals surface area contributed by atoms with Crippen LogP contribution in [0.1, 0.15) is 39.5 Å². The largest absolute Gasteiger partial charge is 0.330 e. The van der Waals surface area contributed by atoms with Crippen molar-refractivity contribution in [2.75, 3.05) is 19.6 Å². The maximum absolute atomic E-state index is 5.55. The third kappa shape index (κ3) is 8.48. The molecule has 0 radical (unpaired) electrons. The minimum atomic E-state index is 0.562. The molecule has 0 aromatic heterocycles. The molecule has 0 heterocycles. The Balaban J connectivity index is 3.13. The van der Waals surface area contributed by atoms with Gasteiger partial charge in [-0.1, -0.05) is 13.3 Å². The highest BCUT2D eigenvalue weighted by molar-refractivity contribution is 4.61. The number of rotatable bonds is 9. The van der Waals surface area contributed by atoms with Gasteiger partial charge < -0.3 is 16.8 Å². The smallest absolute Gasteiger partial charge is 0.00507 e. The zero-order chi connectivity index (χ0) is 10.8. The highest BCUT2D eigenvalue weighted by Gasteiger charge is 2.00. The molecule has 86 valence electrons. The Morgan fingerprint density at radius 1 is 1.07 bits per heavy atom. The van der Waals surface area contributed by atoms with Crippen LogP contribution in [0.5, 0.6) is 0 Å². The minimum Gasteiger partial charge on any atom is -0.330 e. The Kier molecular flexibility index (Phi) is 9.35. The van der Waals surface area contributed by atoms with Gasteiger partial charge in [-0.2, -0.15) is 0 Å². The maximum atomic E-state index is 5.55. The molecular weight excluding hydrogens is 174 g/mol. The summed E-state index contributed by atoms with van der Waals surface area (Å²) in [5.74, 6) is 0.677. The van der Waals surface area contributed by atoms with Crippen LogP contribution in [0.25, 0.3) is 0 Å². The summed E-state index contributed by atoms with van der Waals surface area (Å²) >= 11 is 0. The zero-order valence-corrected chi connectivity index (χ0v) is 9.76. The standard InChI is InChI=1S/C11H27N3/c1-10(9-13)5-3-4-8-14-11(2)6-7-12/h10-11,14H,3-9,12-13H2,1-2H3. The van der Waals surface area contributed by atoms with Crippen molar-refractivity contribution in [3.05, 3.63) is 0 Å². The Hall–Kier alpha value is -0.120. The van der Waals surface area contributed by atoms with Gasteiger partial charge in [0, 0.05) is 6.04 Å². The Morgan fingerprint density at radius 3 is 2.36 bits per heavy atom. The molecule has 0 saturated heterocycles. The summed E-state index contributed by atoms with van der Waals surface area (Å²) in [4.78, 5) is 0. The van der Waals surface area contributed by atoms with Gasteiger partial charge in [0.2, 0.25) is 0 Å². The summed E-state index contributed by atoms with van der Waals surface area (Å²) in [5, 5.41) is 3.46. The number of unbranched alkanes of at least 4 members (excludes halogenated alkanes) is 1. The molecular formula is C11H27N3. The quantitative estimate of drug-likeness (QED) is 0.489. The van der Waals surface area contributed by atoms with Gasteiger partial charge in [0.25, 0.3) is 0 Å². The van der Waals surface area contributed by atoms with Crippen LogP contribution >= 0.6 is 0 Å². The van der Waals surface area contributed by atoms with Crippen molar-refractivity contribution < 1.29 is 0 Å². The molecule has 0 aliphatic heterocycles. The second-order valence-electron chi connectivity index (χ2n) is 4.27. The second kappa shape index (κ2) is 9.44. The Labute approximate surface area is 88.6 Å². The fraction of sp³-hybridized carbons (Fsp3) is 1.00. The molecule has 0 aliphatic carbocycles.